The molecule has 20 heavy (non-hydrogen) atoms. The first-order valence-electron chi connectivity index (χ1n) is 7.33. The van der Waals surface area contributed by atoms with Crippen molar-refractivity contribution in [3.8, 4) is 0 Å². The van der Waals surface area contributed by atoms with Crippen molar-refractivity contribution in [3.63, 3.8) is 0 Å². The molecule has 2 fully saturated rings. The minimum Gasteiger partial charge on any atom is -0.339 e. The number of nitrogens with one attached hydrogen (secondary N) is 1. The summed E-state index contributed by atoms with van der Waals surface area (Å²) in [6.07, 6.45) is 4.44. The summed E-state index contributed by atoms with van der Waals surface area (Å²) in [6, 6.07) is 5.90. The smallest absolute Gasteiger partial charge is 0.253 e. The molecule has 0 aliphatic carbocycles. The van der Waals surface area contributed by atoms with Gasteiger partial charge in [0.2, 0.25) is 0 Å². The second kappa shape index (κ2) is 5.17. The summed E-state index contributed by atoms with van der Waals surface area (Å²) >= 11 is 0. The van der Waals surface area contributed by atoms with Gasteiger partial charge in [0, 0.05) is 30.7 Å². The van der Waals surface area contributed by atoms with Crippen LogP contribution in [-0.2, 0) is 0 Å². The fourth-order valence-corrected chi connectivity index (χ4v) is 3.57. The molecule has 1 amide bonds. The van der Waals surface area contributed by atoms with Crippen LogP contribution in [0.3, 0.4) is 0 Å². The predicted octanol–water partition coefficient (Wildman–Crippen LogP) is 2.49. The molecule has 2 atom stereocenters. The Bertz CT molecular complexity index is 499. The van der Waals surface area contributed by atoms with Crippen LogP contribution in [-0.4, -0.2) is 36.0 Å². The van der Waals surface area contributed by atoms with Crippen molar-refractivity contribution in [2.24, 2.45) is 0 Å². The quantitative estimate of drug-likeness (QED) is 0.900. The van der Waals surface area contributed by atoms with Crippen LogP contribution in [0.1, 0.15) is 41.6 Å². The lowest BCUT2D eigenvalue weighted by Gasteiger charge is -2.35. The third kappa shape index (κ3) is 2.57. The van der Waals surface area contributed by atoms with Crippen molar-refractivity contribution in [2.45, 2.75) is 50.7 Å². The maximum Gasteiger partial charge on any atom is 0.253 e. The minimum atomic E-state index is -0.341. The molecule has 0 saturated carbocycles. The highest BCUT2D eigenvalue weighted by Gasteiger charge is 2.36. The summed E-state index contributed by atoms with van der Waals surface area (Å²) in [6.45, 7) is 1.81. The normalized spacial score (nSPS) is 28.4. The van der Waals surface area contributed by atoms with Gasteiger partial charge in [0.05, 0.1) is 0 Å². The van der Waals surface area contributed by atoms with E-state index >= 15 is 0 Å². The van der Waals surface area contributed by atoms with E-state index in [2.05, 4.69) is 5.32 Å². The van der Waals surface area contributed by atoms with E-state index in [0.717, 1.165) is 18.4 Å². The van der Waals surface area contributed by atoms with Crippen LogP contribution < -0.4 is 5.32 Å². The lowest BCUT2D eigenvalue weighted by atomic mass is 9.97. The lowest BCUT2D eigenvalue weighted by Crippen LogP contribution is -2.48. The first-order chi connectivity index (χ1) is 9.52. The summed E-state index contributed by atoms with van der Waals surface area (Å²) in [7, 11) is 1.85. The Morgan fingerprint density at radius 2 is 1.90 bits per heavy atom. The van der Waals surface area contributed by atoms with Gasteiger partial charge in [-0.15, -0.1) is 0 Å². The molecule has 2 saturated heterocycles. The molecule has 2 heterocycles. The largest absolute Gasteiger partial charge is 0.339 e. The van der Waals surface area contributed by atoms with Gasteiger partial charge >= 0.3 is 0 Å². The molecule has 108 valence electrons. The average Bonchev–Trinajstić information content (AvgIpc) is 2.74. The Hall–Kier alpha value is -1.42. The number of hydrogen-bond acceptors (Lipinski definition) is 2. The van der Waals surface area contributed by atoms with E-state index in [9.17, 15) is 9.18 Å². The van der Waals surface area contributed by atoms with E-state index in [4.69, 9.17) is 0 Å². The molecule has 1 aromatic rings. The molecule has 0 spiro atoms. The number of amides is 1. The van der Waals surface area contributed by atoms with Gasteiger partial charge in [-0.2, -0.15) is 0 Å². The fraction of sp³-hybridized carbons (Fsp3) is 0.562. The van der Waals surface area contributed by atoms with E-state index < -0.39 is 0 Å². The number of benzene rings is 1. The SMILES string of the molecule is Cc1cc(F)cc(C(=O)N(C)C2CC3CCC(C2)N3)c1. The van der Waals surface area contributed by atoms with Crippen LogP contribution >= 0.6 is 0 Å². The van der Waals surface area contributed by atoms with Crippen molar-refractivity contribution in [1.82, 2.24) is 10.2 Å². The second-order valence-corrected chi connectivity index (χ2v) is 6.20. The Balaban J connectivity index is 1.76. The summed E-state index contributed by atoms with van der Waals surface area (Å²) in [5.74, 6) is -0.411. The van der Waals surface area contributed by atoms with Crippen LogP contribution in [0.4, 0.5) is 4.39 Å². The van der Waals surface area contributed by atoms with E-state index in [1.165, 1.54) is 25.0 Å². The Labute approximate surface area is 119 Å². The number of rotatable bonds is 2. The predicted molar refractivity (Wildman–Crippen MR) is 76.2 cm³/mol. The average molecular weight is 276 g/mol. The van der Waals surface area contributed by atoms with E-state index in [1.807, 2.05) is 14.0 Å². The summed E-state index contributed by atoms with van der Waals surface area (Å²) < 4.78 is 13.4. The molecule has 3 rings (SSSR count). The van der Waals surface area contributed by atoms with Crippen molar-refractivity contribution < 1.29 is 9.18 Å². The van der Waals surface area contributed by atoms with Gasteiger partial charge in [-0.3, -0.25) is 4.79 Å². The number of carbonyl (C=O) groups is 1. The number of nitrogens with zero attached hydrogens (tertiary/aromatic N) is 1. The fourth-order valence-electron chi connectivity index (χ4n) is 3.57. The summed E-state index contributed by atoms with van der Waals surface area (Å²) in [5, 5.41) is 3.57. The number of fused-ring (bicyclic) bond motifs is 2. The van der Waals surface area contributed by atoms with Gasteiger partial charge < -0.3 is 10.2 Å². The second-order valence-electron chi connectivity index (χ2n) is 6.20. The highest BCUT2D eigenvalue weighted by Crippen LogP contribution is 2.29. The molecule has 0 radical (unpaired) electrons. The van der Waals surface area contributed by atoms with E-state index in [0.29, 0.717) is 17.6 Å². The maximum absolute atomic E-state index is 13.4. The number of halogens is 1. The van der Waals surface area contributed by atoms with Gasteiger partial charge in [-0.25, -0.2) is 4.39 Å². The lowest BCUT2D eigenvalue weighted by molar-refractivity contribution is 0.0681. The molecule has 2 unspecified atom stereocenters. The molecule has 2 bridgehead atoms. The summed E-state index contributed by atoms with van der Waals surface area (Å²) in [4.78, 5) is 14.3. The number of hydrogen-bond donors (Lipinski definition) is 1. The Morgan fingerprint density at radius 3 is 2.50 bits per heavy atom. The zero-order valence-corrected chi connectivity index (χ0v) is 12.0. The van der Waals surface area contributed by atoms with Crippen LogP contribution in [0.2, 0.25) is 0 Å². The molecule has 2 aliphatic heterocycles. The van der Waals surface area contributed by atoms with Gasteiger partial charge in [-0.1, -0.05) is 0 Å². The van der Waals surface area contributed by atoms with Gasteiger partial charge in [-0.05, 0) is 56.4 Å². The molecule has 2 aliphatic rings. The molecule has 4 heteroatoms. The standard InChI is InChI=1S/C16H21FN2O/c1-10-5-11(7-12(17)6-10)16(20)19(2)15-8-13-3-4-14(9-15)18-13/h5-7,13-15,18H,3-4,8-9H2,1-2H3. The first kappa shape index (κ1) is 13.6. The third-order valence-corrected chi connectivity index (χ3v) is 4.61. The Kier molecular flexibility index (Phi) is 3.50. The number of piperidine rings is 1. The molecule has 0 aromatic heterocycles. The van der Waals surface area contributed by atoms with Crippen molar-refractivity contribution >= 4 is 5.91 Å². The summed E-state index contributed by atoms with van der Waals surface area (Å²) in [5.41, 5.74) is 1.24. The molecular weight excluding hydrogens is 255 g/mol. The highest BCUT2D eigenvalue weighted by molar-refractivity contribution is 5.94. The topological polar surface area (TPSA) is 32.3 Å². The van der Waals surface area contributed by atoms with Crippen molar-refractivity contribution in [3.05, 3.63) is 35.1 Å². The zero-order chi connectivity index (χ0) is 14.3. The van der Waals surface area contributed by atoms with Crippen molar-refractivity contribution in [2.75, 3.05) is 7.05 Å². The molecule has 1 aromatic carbocycles. The molecule has 3 nitrogen and oxygen atoms in total. The maximum atomic E-state index is 13.4. The van der Waals surface area contributed by atoms with Gasteiger partial charge in [0.25, 0.3) is 5.91 Å². The minimum absolute atomic E-state index is 0.0705. The van der Waals surface area contributed by atoms with Gasteiger partial charge in [0.15, 0.2) is 0 Å². The third-order valence-electron chi connectivity index (χ3n) is 4.61. The highest BCUT2D eigenvalue weighted by atomic mass is 19.1. The van der Waals surface area contributed by atoms with Crippen LogP contribution in [0, 0.1) is 12.7 Å². The monoisotopic (exact) mass is 276 g/mol. The Morgan fingerprint density at radius 1 is 1.25 bits per heavy atom. The van der Waals surface area contributed by atoms with Crippen LogP contribution in [0.25, 0.3) is 0 Å². The van der Waals surface area contributed by atoms with Crippen LogP contribution in [0.15, 0.2) is 18.2 Å². The van der Waals surface area contributed by atoms with Gasteiger partial charge in [0.1, 0.15) is 5.82 Å². The number of carbonyl (C=O) groups excluding carboxylic acids is 1. The number of aryl methyl sites for hydroxylation is 1. The molecular formula is C16H21FN2O. The zero-order valence-electron chi connectivity index (χ0n) is 12.0. The van der Waals surface area contributed by atoms with Crippen LogP contribution in [0.5, 0.6) is 0 Å². The van der Waals surface area contributed by atoms with E-state index in [1.54, 1.807) is 11.0 Å². The molecule has 1 N–H and O–H groups in total. The van der Waals surface area contributed by atoms with Crippen molar-refractivity contribution in [1.29, 1.82) is 0 Å². The first-order valence-corrected chi connectivity index (χ1v) is 7.33. The van der Waals surface area contributed by atoms with E-state index in [-0.39, 0.29) is 17.8 Å².